The first-order valence-electron chi connectivity index (χ1n) is 19.6. The van der Waals surface area contributed by atoms with Crippen molar-refractivity contribution >= 4 is 58.8 Å². The fraction of sp³-hybridized carbons (Fsp3) is 0.0943. The first-order chi connectivity index (χ1) is 28.0. The number of benzene rings is 8. The van der Waals surface area contributed by atoms with E-state index in [-0.39, 0.29) is 0 Å². The quantitative estimate of drug-likeness (QED) is 0.0854. The Balaban J connectivity index is 1.31. The van der Waals surface area contributed by atoms with Crippen LogP contribution < -0.4 is 20.7 Å². The zero-order chi connectivity index (χ0) is 39.2. The van der Waals surface area contributed by atoms with Crippen LogP contribution in [0.15, 0.2) is 194 Å². The van der Waals surface area contributed by atoms with E-state index in [1.165, 1.54) is 87.5 Å². The Morgan fingerprint density at radius 3 is 0.491 bits per heavy atom. The molecule has 4 heteroatoms. The lowest BCUT2D eigenvalue weighted by Crippen LogP contribution is -2.31. The largest absolute Gasteiger partial charge is 0.0773 e. The molecule has 0 unspecified atom stereocenters. The molecule has 0 N–H and O–H groups in total. The Morgan fingerprint density at radius 1 is 0.211 bits per heavy atom. The van der Waals surface area contributed by atoms with Crippen molar-refractivity contribution in [1.82, 2.24) is 0 Å². The first kappa shape index (κ1) is 38.5. The van der Waals surface area contributed by atoms with Crippen molar-refractivity contribution in [3.05, 3.63) is 216 Å². The van der Waals surface area contributed by atoms with E-state index in [0.29, 0.717) is 0 Å². The molecule has 0 aliphatic carbocycles. The predicted octanol–water partition coefficient (Wildman–Crippen LogP) is 10.2. The molecule has 0 nitrogen and oxygen atoms in total. The Hall–Kier alpha value is -5.37. The molecule has 0 spiro atoms. The number of hydrogen-bond donors (Lipinski definition) is 0. The average Bonchev–Trinajstić information content (AvgIpc) is 3.30. The summed E-state index contributed by atoms with van der Waals surface area (Å²) < 4.78 is 0. The summed E-state index contributed by atoms with van der Waals surface area (Å²) in [6.45, 7) is 8.95. The van der Waals surface area contributed by atoms with Crippen LogP contribution >= 0.6 is 0 Å². The van der Waals surface area contributed by atoms with Gasteiger partial charge in [-0.1, -0.05) is 241 Å². The SMILES string of the molecule is C[Si]c1ccc(-c2ccc(C(c3ccc(-c4ccc([Si]C)cc4)cc3)(c3ccc(-c4ccc([Si]C)cc4)cc3)c3ccc(-c4ccc([Si]C)cc4)cc3)cc2)cc1. The van der Waals surface area contributed by atoms with Crippen molar-refractivity contribution in [2.24, 2.45) is 0 Å². The minimum Gasteiger partial charge on any atom is -0.0688 e. The van der Waals surface area contributed by atoms with Gasteiger partial charge in [0.2, 0.25) is 0 Å². The Bertz CT molecular complexity index is 2150. The molecule has 8 aromatic rings. The standard InChI is InChI=1S/C53H44Si4/c1-54-49-29-13-41(14-30-49)37-5-21-45(22-6-37)53(46-23-7-38(8-24-46)42-15-31-50(55-2)32-16-42,47-25-9-39(10-26-47)43-17-33-51(56-3)34-18-43)48-27-11-40(12-28-48)44-19-35-52(57-4)36-20-44/h5-36H,1-4H3. The highest BCUT2D eigenvalue weighted by Gasteiger charge is 2.38. The van der Waals surface area contributed by atoms with Crippen LogP contribution in [0, 0.1) is 0 Å². The molecule has 0 saturated carbocycles. The van der Waals surface area contributed by atoms with Crippen LogP contribution in [0.1, 0.15) is 22.3 Å². The fourth-order valence-electron chi connectivity index (χ4n) is 7.97. The Kier molecular flexibility index (Phi) is 11.8. The number of rotatable bonds is 12. The normalized spacial score (nSPS) is 11.4. The third-order valence-electron chi connectivity index (χ3n) is 11.3. The van der Waals surface area contributed by atoms with Gasteiger partial charge in [0.25, 0.3) is 0 Å². The maximum atomic E-state index is 2.36. The molecule has 8 aromatic carbocycles. The van der Waals surface area contributed by atoms with Gasteiger partial charge in [-0.15, -0.1) is 0 Å². The zero-order valence-corrected chi connectivity index (χ0v) is 37.0. The highest BCUT2D eigenvalue weighted by molar-refractivity contribution is 6.53. The van der Waals surface area contributed by atoms with Crippen molar-refractivity contribution in [2.45, 2.75) is 31.6 Å². The van der Waals surface area contributed by atoms with Gasteiger partial charge in [-0.25, -0.2) is 0 Å². The molecule has 272 valence electrons. The second-order valence-corrected chi connectivity index (χ2v) is 18.7. The molecule has 0 saturated heterocycles. The maximum Gasteiger partial charge on any atom is 0.0773 e. The van der Waals surface area contributed by atoms with E-state index >= 15 is 0 Å². The van der Waals surface area contributed by atoms with Crippen LogP contribution in [-0.2, 0) is 5.41 Å². The smallest absolute Gasteiger partial charge is 0.0688 e. The van der Waals surface area contributed by atoms with Gasteiger partial charge in [-0.2, -0.15) is 0 Å². The van der Waals surface area contributed by atoms with Gasteiger partial charge in [0, 0.05) is 0 Å². The van der Waals surface area contributed by atoms with E-state index in [4.69, 9.17) is 0 Å². The fourth-order valence-corrected chi connectivity index (χ4v) is 9.97. The minimum absolute atomic E-state index is 0.588. The third kappa shape index (κ3) is 7.96. The Morgan fingerprint density at radius 2 is 0.351 bits per heavy atom. The zero-order valence-electron chi connectivity index (χ0n) is 33.0. The second kappa shape index (κ2) is 17.4. The summed E-state index contributed by atoms with van der Waals surface area (Å²) in [6.07, 6.45) is 0. The lowest BCUT2D eigenvalue weighted by Gasteiger charge is -2.37. The van der Waals surface area contributed by atoms with Crippen molar-refractivity contribution in [3.8, 4) is 44.5 Å². The summed E-state index contributed by atoms with van der Waals surface area (Å²) in [7, 11) is 3.17. The summed E-state index contributed by atoms with van der Waals surface area (Å²) in [6, 6.07) is 73.6. The van der Waals surface area contributed by atoms with Gasteiger partial charge in [-0.05, 0) is 66.8 Å². The molecule has 0 aliphatic rings. The van der Waals surface area contributed by atoms with Crippen molar-refractivity contribution in [2.75, 3.05) is 0 Å². The van der Waals surface area contributed by atoms with Crippen molar-refractivity contribution in [3.63, 3.8) is 0 Å². The van der Waals surface area contributed by atoms with Crippen molar-refractivity contribution in [1.29, 1.82) is 0 Å². The van der Waals surface area contributed by atoms with Crippen LogP contribution in [0.2, 0.25) is 26.2 Å². The van der Waals surface area contributed by atoms with E-state index in [9.17, 15) is 0 Å². The van der Waals surface area contributed by atoms with E-state index in [2.05, 4.69) is 220 Å². The highest BCUT2D eigenvalue weighted by Crippen LogP contribution is 2.47. The molecule has 0 fully saturated rings. The summed E-state index contributed by atoms with van der Waals surface area (Å²) in [5.74, 6) is 0. The molecular formula is C53H44Si4. The summed E-state index contributed by atoms with van der Waals surface area (Å²) in [5.41, 5.74) is 14.2. The van der Waals surface area contributed by atoms with Gasteiger partial charge in [0.1, 0.15) is 0 Å². The van der Waals surface area contributed by atoms with Gasteiger partial charge in [0.15, 0.2) is 0 Å². The molecule has 0 amide bonds. The van der Waals surface area contributed by atoms with Crippen LogP contribution in [0.4, 0.5) is 0 Å². The minimum atomic E-state index is -0.588. The van der Waals surface area contributed by atoms with E-state index < -0.39 is 5.41 Å². The van der Waals surface area contributed by atoms with Gasteiger partial charge >= 0.3 is 0 Å². The summed E-state index contributed by atoms with van der Waals surface area (Å²) >= 11 is 0. The lowest BCUT2D eigenvalue weighted by atomic mass is 9.64. The van der Waals surface area contributed by atoms with Gasteiger partial charge < -0.3 is 0 Å². The first-order valence-corrected chi connectivity index (χ1v) is 25.6. The highest BCUT2D eigenvalue weighted by atomic mass is 28.2. The monoisotopic (exact) mass is 792 g/mol. The predicted molar refractivity (Wildman–Crippen MR) is 252 cm³/mol. The Labute approximate surface area is 349 Å². The molecule has 8 radical (unpaired) electrons. The second-order valence-electron chi connectivity index (χ2n) is 14.4. The maximum absolute atomic E-state index is 2.36. The van der Waals surface area contributed by atoms with E-state index in [1.54, 1.807) is 0 Å². The third-order valence-corrected chi connectivity index (χ3v) is 14.9. The average molecular weight is 793 g/mol. The van der Waals surface area contributed by atoms with Gasteiger partial charge in [-0.3, -0.25) is 0 Å². The topological polar surface area (TPSA) is 0 Å². The van der Waals surface area contributed by atoms with Gasteiger partial charge in [0.05, 0.1) is 43.5 Å². The van der Waals surface area contributed by atoms with Crippen LogP contribution in [0.3, 0.4) is 0 Å². The van der Waals surface area contributed by atoms with Crippen LogP contribution in [0.5, 0.6) is 0 Å². The molecule has 0 aromatic heterocycles. The van der Waals surface area contributed by atoms with Crippen LogP contribution in [0.25, 0.3) is 44.5 Å². The van der Waals surface area contributed by atoms with Crippen LogP contribution in [-0.4, -0.2) is 38.1 Å². The molecule has 0 bridgehead atoms. The van der Waals surface area contributed by atoms with Crippen molar-refractivity contribution < 1.29 is 0 Å². The molecule has 57 heavy (non-hydrogen) atoms. The molecular weight excluding hydrogens is 749 g/mol. The lowest BCUT2D eigenvalue weighted by molar-refractivity contribution is 0.745. The summed E-state index contributed by atoms with van der Waals surface area (Å²) in [5, 5.41) is 5.54. The molecule has 0 atom stereocenters. The number of hydrogen-bond acceptors (Lipinski definition) is 0. The van der Waals surface area contributed by atoms with E-state index in [1.807, 2.05) is 0 Å². The molecule has 8 rings (SSSR count). The molecule has 0 aliphatic heterocycles. The van der Waals surface area contributed by atoms with E-state index in [0.717, 1.165) is 38.1 Å². The molecule has 0 heterocycles. The summed E-state index contributed by atoms with van der Waals surface area (Å²) in [4.78, 5) is 0.